The number of anilines is 2. The van der Waals surface area contributed by atoms with Gasteiger partial charge in [0.05, 0.1) is 30.8 Å². The van der Waals surface area contributed by atoms with Crippen LogP contribution in [0.1, 0.15) is 53.8 Å². The van der Waals surface area contributed by atoms with Crippen molar-refractivity contribution in [3.63, 3.8) is 0 Å². The Bertz CT molecular complexity index is 1030. The van der Waals surface area contributed by atoms with Gasteiger partial charge in [0.15, 0.2) is 6.61 Å². The first-order valence-electron chi connectivity index (χ1n) is 11.1. The molecule has 2 amide bonds. The van der Waals surface area contributed by atoms with E-state index in [9.17, 15) is 24.0 Å². The van der Waals surface area contributed by atoms with Crippen LogP contribution in [0.15, 0.2) is 48.5 Å². The fraction of sp³-hybridized carbons (Fsp3) is 0.320. The van der Waals surface area contributed by atoms with Gasteiger partial charge in [-0.1, -0.05) is 6.92 Å². The van der Waals surface area contributed by atoms with Crippen molar-refractivity contribution < 1.29 is 38.2 Å². The zero-order valence-electron chi connectivity index (χ0n) is 19.6. The van der Waals surface area contributed by atoms with Crippen LogP contribution in [0.3, 0.4) is 0 Å². The van der Waals surface area contributed by atoms with Crippen molar-refractivity contribution in [3.8, 4) is 0 Å². The molecule has 0 fully saturated rings. The molecule has 0 radical (unpaired) electrons. The maximum absolute atomic E-state index is 12.1. The summed E-state index contributed by atoms with van der Waals surface area (Å²) in [6.45, 7) is 3.67. The van der Waals surface area contributed by atoms with Crippen molar-refractivity contribution in [2.75, 3.05) is 30.5 Å². The summed E-state index contributed by atoms with van der Waals surface area (Å²) < 4.78 is 14.8. The van der Waals surface area contributed by atoms with Crippen LogP contribution in [0.2, 0.25) is 0 Å². The summed E-state index contributed by atoms with van der Waals surface area (Å²) in [7, 11) is 0. The Hall–Kier alpha value is -4.21. The maximum Gasteiger partial charge on any atom is 0.338 e. The number of rotatable bonds is 12. The van der Waals surface area contributed by atoms with Gasteiger partial charge in [0.1, 0.15) is 0 Å². The highest BCUT2D eigenvalue weighted by molar-refractivity contribution is 5.96. The number of hydrogen-bond acceptors (Lipinski definition) is 8. The molecule has 2 aromatic carbocycles. The minimum Gasteiger partial charge on any atom is -0.462 e. The Labute approximate surface area is 202 Å². The molecule has 0 bridgehead atoms. The Kier molecular flexibility index (Phi) is 10.9. The molecule has 35 heavy (non-hydrogen) atoms. The molecular formula is C25H28N2O8. The number of carbonyl (C=O) groups is 5. The van der Waals surface area contributed by atoms with Crippen LogP contribution in [0, 0.1) is 0 Å². The molecule has 0 aliphatic carbocycles. The fourth-order valence-corrected chi connectivity index (χ4v) is 2.73. The first-order chi connectivity index (χ1) is 16.8. The van der Waals surface area contributed by atoms with E-state index in [4.69, 9.17) is 14.2 Å². The van der Waals surface area contributed by atoms with Crippen molar-refractivity contribution in [1.29, 1.82) is 0 Å². The summed E-state index contributed by atoms with van der Waals surface area (Å²) in [6.07, 6.45) is 0.365. The lowest BCUT2D eigenvalue weighted by Gasteiger charge is -2.08. The Morgan fingerprint density at radius 3 is 1.69 bits per heavy atom. The number of hydrogen-bond donors (Lipinski definition) is 2. The molecular weight excluding hydrogens is 456 g/mol. The van der Waals surface area contributed by atoms with Crippen molar-refractivity contribution >= 4 is 41.1 Å². The summed E-state index contributed by atoms with van der Waals surface area (Å²) in [4.78, 5) is 59.3. The second-order valence-electron chi connectivity index (χ2n) is 7.27. The lowest BCUT2D eigenvalue weighted by molar-refractivity contribution is -0.147. The van der Waals surface area contributed by atoms with E-state index in [1.807, 2.05) is 6.92 Å². The predicted molar refractivity (Wildman–Crippen MR) is 127 cm³/mol. The third-order valence-electron chi connectivity index (χ3n) is 4.44. The molecule has 0 unspecified atom stereocenters. The van der Waals surface area contributed by atoms with Gasteiger partial charge in [0, 0.05) is 17.8 Å². The van der Waals surface area contributed by atoms with E-state index < -0.39 is 36.3 Å². The highest BCUT2D eigenvalue weighted by atomic mass is 16.5. The number of ether oxygens (including phenoxy) is 3. The number of benzene rings is 2. The first-order valence-corrected chi connectivity index (χ1v) is 11.1. The van der Waals surface area contributed by atoms with Crippen molar-refractivity contribution in [1.82, 2.24) is 0 Å². The standard InChI is InChI=1S/C25H28N2O8/c1-3-15-34-25(32)18-7-9-19(10-8-18)26-21(28)13-14-23(30)35-16-22(29)27-20-11-5-17(6-12-20)24(31)33-4-2/h5-12H,3-4,13-16H2,1-2H3,(H,26,28)(H,27,29). The lowest BCUT2D eigenvalue weighted by atomic mass is 10.2. The van der Waals surface area contributed by atoms with Crippen LogP contribution in [-0.2, 0) is 28.6 Å². The molecule has 0 saturated carbocycles. The molecule has 0 aliphatic rings. The van der Waals surface area contributed by atoms with Crippen LogP contribution in [0.5, 0.6) is 0 Å². The Morgan fingerprint density at radius 2 is 1.17 bits per heavy atom. The van der Waals surface area contributed by atoms with Gasteiger partial charge < -0.3 is 24.8 Å². The molecule has 0 aromatic heterocycles. The molecule has 10 heteroatoms. The average Bonchev–Trinajstić information content (AvgIpc) is 2.85. The number of carbonyl (C=O) groups excluding carboxylic acids is 5. The van der Waals surface area contributed by atoms with Gasteiger partial charge in [0.25, 0.3) is 5.91 Å². The Morgan fingerprint density at radius 1 is 0.657 bits per heavy atom. The van der Waals surface area contributed by atoms with E-state index in [0.29, 0.717) is 29.1 Å². The first kappa shape index (κ1) is 27.0. The monoisotopic (exact) mass is 484 g/mol. The number of nitrogens with one attached hydrogen (secondary N) is 2. The second kappa shape index (κ2) is 14.1. The van der Waals surface area contributed by atoms with Crippen molar-refractivity contribution in [2.24, 2.45) is 0 Å². The average molecular weight is 485 g/mol. The highest BCUT2D eigenvalue weighted by Crippen LogP contribution is 2.12. The summed E-state index contributed by atoms with van der Waals surface area (Å²) in [5.74, 6) is -2.60. The molecule has 10 nitrogen and oxygen atoms in total. The van der Waals surface area contributed by atoms with E-state index >= 15 is 0 Å². The summed E-state index contributed by atoms with van der Waals surface area (Å²) in [5, 5.41) is 5.15. The van der Waals surface area contributed by atoms with Gasteiger partial charge in [-0.3, -0.25) is 14.4 Å². The topological polar surface area (TPSA) is 137 Å². The van der Waals surface area contributed by atoms with Crippen LogP contribution in [0.4, 0.5) is 11.4 Å². The van der Waals surface area contributed by atoms with Crippen LogP contribution >= 0.6 is 0 Å². The summed E-state index contributed by atoms with van der Waals surface area (Å²) >= 11 is 0. The molecule has 2 rings (SSSR count). The molecule has 0 spiro atoms. The van der Waals surface area contributed by atoms with E-state index in [1.165, 1.54) is 36.4 Å². The minimum absolute atomic E-state index is 0.143. The minimum atomic E-state index is -0.707. The van der Waals surface area contributed by atoms with Crippen LogP contribution in [0.25, 0.3) is 0 Å². The maximum atomic E-state index is 12.1. The fourth-order valence-electron chi connectivity index (χ4n) is 2.73. The Balaban J connectivity index is 1.69. The molecule has 186 valence electrons. The van der Waals surface area contributed by atoms with E-state index in [2.05, 4.69) is 10.6 Å². The zero-order chi connectivity index (χ0) is 25.6. The quantitative estimate of drug-likeness (QED) is 0.346. The number of amides is 2. The van der Waals surface area contributed by atoms with Gasteiger partial charge in [0.2, 0.25) is 5.91 Å². The smallest absolute Gasteiger partial charge is 0.338 e. The third-order valence-corrected chi connectivity index (χ3v) is 4.44. The number of esters is 3. The van der Waals surface area contributed by atoms with Crippen molar-refractivity contribution in [2.45, 2.75) is 33.1 Å². The van der Waals surface area contributed by atoms with Gasteiger partial charge in [-0.25, -0.2) is 9.59 Å². The predicted octanol–water partition coefficient (Wildman–Crippen LogP) is 3.33. The van der Waals surface area contributed by atoms with Crippen LogP contribution in [-0.4, -0.2) is 49.5 Å². The van der Waals surface area contributed by atoms with E-state index in [1.54, 1.807) is 19.1 Å². The molecule has 2 aromatic rings. The lowest BCUT2D eigenvalue weighted by Crippen LogP contribution is -2.21. The van der Waals surface area contributed by atoms with E-state index in [-0.39, 0.29) is 19.4 Å². The third kappa shape index (κ3) is 9.66. The second-order valence-corrected chi connectivity index (χ2v) is 7.27. The van der Waals surface area contributed by atoms with E-state index in [0.717, 1.165) is 6.42 Å². The van der Waals surface area contributed by atoms with Crippen molar-refractivity contribution in [3.05, 3.63) is 59.7 Å². The molecule has 0 heterocycles. The molecule has 0 atom stereocenters. The highest BCUT2D eigenvalue weighted by Gasteiger charge is 2.12. The van der Waals surface area contributed by atoms with Gasteiger partial charge in [-0.2, -0.15) is 0 Å². The molecule has 2 N–H and O–H groups in total. The largest absolute Gasteiger partial charge is 0.462 e. The molecule has 0 saturated heterocycles. The summed E-state index contributed by atoms with van der Waals surface area (Å²) in [5.41, 5.74) is 1.60. The van der Waals surface area contributed by atoms with Gasteiger partial charge in [-0.15, -0.1) is 0 Å². The zero-order valence-corrected chi connectivity index (χ0v) is 19.6. The van der Waals surface area contributed by atoms with Gasteiger partial charge in [-0.05, 0) is 61.9 Å². The van der Waals surface area contributed by atoms with Crippen LogP contribution < -0.4 is 10.6 Å². The van der Waals surface area contributed by atoms with Gasteiger partial charge >= 0.3 is 17.9 Å². The normalized spacial score (nSPS) is 10.1. The SMILES string of the molecule is CCCOC(=O)c1ccc(NC(=O)CCC(=O)OCC(=O)Nc2ccc(C(=O)OCC)cc2)cc1. The molecule has 0 aliphatic heterocycles. The summed E-state index contributed by atoms with van der Waals surface area (Å²) in [6, 6.07) is 12.2.